The van der Waals surface area contributed by atoms with Gasteiger partial charge in [0.2, 0.25) is 0 Å². The molecule has 1 aliphatic rings. The molecule has 1 aliphatic carbocycles. The monoisotopic (exact) mass is 283 g/mol. The highest BCUT2D eigenvalue weighted by molar-refractivity contribution is 7.08. The first-order valence-corrected chi connectivity index (χ1v) is 7.62. The maximum atomic E-state index is 12.3. The standard InChI is InChI=1S/C13H21N3O2S/c1-3-10-11(19-16-15-10)12(18)14-13(8-17)6-4-9(2)5-7-13/h9,17H,3-8H2,1-2H3,(H,14,18). The number of nitrogens with zero attached hydrogens (tertiary/aromatic N) is 2. The summed E-state index contributed by atoms with van der Waals surface area (Å²) in [7, 11) is 0. The van der Waals surface area contributed by atoms with Crippen LogP contribution >= 0.6 is 11.5 Å². The molecule has 1 heterocycles. The lowest BCUT2D eigenvalue weighted by molar-refractivity contribution is 0.0720. The maximum Gasteiger partial charge on any atom is 0.265 e. The number of aryl methyl sites for hydroxylation is 1. The first kappa shape index (κ1) is 14.4. The SMILES string of the molecule is CCc1nnsc1C(=O)NC1(CO)CCC(C)CC1. The van der Waals surface area contributed by atoms with Gasteiger partial charge in [-0.05, 0) is 49.6 Å². The van der Waals surface area contributed by atoms with Gasteiger partial charge in [-0.15, -0.1) is 5.10 Å². The molecule has 0 atom stereocenters. The Balaban J connectivity index is 2.08. The Morgan fingerprint density at radius 1 is 1.53 bits per heavy atom. The highest BCUT2D eigenvalue weighted by Gasteiger charge is 2.36. The van der Waals surface area contributed by atoms with Crippen LogP contribution in [0.4, 0.5) is 0 Å². The third kappa shape index (κ3) is 3.12. The second kappa shape index (κ2) is 5.96. The second-order valence-corrected chi connectivity index (χ2v) is 6.23. The minimum Gasteiger partial charge on any atom is -0.394 e. The van der Waals surface area contributed by atoms with Gasteiger partial charge in [0.25, 0.3) is 5.91 Å². The van der Waals surface area contributed by atoms with E-state index >= 15 is 0 Å². The fraction of sp³-hybridized carbons (Fsp3) is 0.769. The molecule has 0 aliphatic heterocycles. The average Bonchev–Trinajstić information content (AvgIpc) is 2.90. The van der Waals surface area contributed by atoms with Gasteiger partial charge in [0.05, 0.1) is 17.8 Å². The Labute approximate surface area is 117 Å². The second-order valence-electron chi connectivity index (χ2n) is 5.48. The number of hydrogen-bond donors (Lipinski definition) is 2. The molecular formula is C13H21N3O2S. The van der Waals surface area contributed by atoms with Crippen molar-refractivity contribution in [2.75, 3.05) is 6.61 Å². The first-order chi connectivity index (χ1) is 9.10. The number of aliphatic hydroxyl groups excluding tert-OH is 1. The van der Waals surface area contributed by atoms with E-state index in [0.29, 0.717) is 17.2 Å². The topological polar surface area (TPSA) is 75.1 Å². The van der Waals surface area contributed by atoms with Crippen LogP contribution in [-0.2, 0) is 6.42 Å². The number of hydrogen-bond acceptors (Lipinski definition) is 5. The van der Waals surface area contributed by atoms with Gasteiger partial charge in [0, 0.05) is 0 Å². The van der Waals surface area contributed by atoms with Crippen molar-refractivity contribution in [2.45, 2.75) is 51.5 Å². The Kier molecular flexibility index (Phi) is 4.52. The summed E-state index contributed by atoms with van der Waals surface area (Å²) in [5, 5.41) is 16.6. The van der Waals surface area contributed by atoms with Crippen molar-refractivity contribution in [3.63, 3.8) is 0 Å². The normalized spacial score (nSPS) is 27.2. The van der Waals surface area contributed by atoms with Crippen molar-refractivity contribution >= 4 is 17.4 Å². The van der Waals surface area contributed by atoms with Gasteiger partial charge in [-0.25, -0.2) is 0 Å². The van der Waals surface area contributed by atoms with E-state index in [1.165, 1.54) is 0 Å². The third-order valence-electron chi connectivity index (χ3n) is 4.01. The largest absolute Gasteiger partial charge is 0.394 e. The molecule has 1 saturated carbocycles. The van der Waals surface area contributed by atoms with E-state index in [1.807, 2.05) is 6.92 Å². The number of nitrogens with one attached hydrogen (secondary N) is 1. The molecule has 106 valence electrons. The molecule has 0 bridgehead atoms. The van der Waals surface area contributed by atoms with Crippen LogP contribution in [0.5, 0.6) is 0 Å². The smallest absolute Gasteiger partial charge is 0.265 e. The summed E-state index contributed by atoms with van der Waals surface area (Å²) in [4.78, 5) is 12.9. The van der Waals surface area contributed by atoms with Crippen molar-refractivity contribution in [2.24, 2.45) is 5.92 Å². The summed E-state index contributed by atoms with van der Waals surface area (Å²) in [5.74, 6) is 0.531. The molecule has 0 unspecified atom stereocenters. The fourth-order valence-electron chi connectivity index (χ4n) is 2.55. The van der Waals surface area contributed by atoms with Gasteiger partial charge in [-0.1, -0.05) is 18.3 Å². The molecule has 1 fully saturated rings. The highest BCUT2D eigenvalue weighted by atomic mass is 32.1. The van der Waals surface area contributed by atoms with Gasteiger partial charge < -0.3 is 10.4 Å². The van der Waals surface area contributed by atoms with Gasteiger partial charge in [-0.2, -0.15) is 0 Å². The molecule has 0 saturated heterocycles. The van der Waals surface area contributed by atoms with Gasteiger partial charge in [-0.3, -0.25) is 4.79 Å². The van der Waals surface area contributed by atoms with Crippen LogP contribution in [0, 0.1) is 5.92 Å². The molecular weight excluding hydrogens is 262 g/mol. The van der Waals surface area contributed by atoms with Crippen molar-refractivity contribution in [1.29, 1.82) is 0 Å². The van der Waals surface area contributed by atoms with Gasteiger partial charge in [0.15, 0.2) is 0 Å². The molecule has 0 radical (unpaired) electrons. The van der Waals surface area contributed by atoms with E-state index in [-0.39, 0.29) is 12.5 Å². The zero-order valence-corrected chi connectivity index (χ0v) is 12.3. The lowest BCUT2D eigenvalue weighted by Gasteiger charge is -2.38. The van der Waals surface area contributed by atoms with Crippen LogP contribution in [0.25, 0.3) is 0 Å². The Hall–Kier alpha value is -1.01. The predicted octanol–water partition coefficient (Wildman–Crippen LogP) is 1.77. The Bertz CT molecular complexity index is 439. The van der Waals surface area contributed by atoms with E-state index in [2.05, 4.69) is 21.8 Å². The minimum atomic E-state index is -0.460. The van der Waals surface area contributed by atoms with E-state index in [0.717, 1.165) is 42.9 Å². The van der Waals surface area contributed by atoms with Crippen LogP contribution < -0.4 is 5.32 Å². The van der Waals surface area contributed by atoms with Gasteiger partial charge >= 0.3 is 0 Å². The van der Waals surface area contributed by atoms with Crippen molar-refractivity contribution < 1.29 is 9.90 Å². The summed E-state index contributed by atoms with van der Waals surface area (Å²) in [6.07, 6.45) is 4.46. The number of aliphatic hydroxyl groups is 1. The maximum absolute atomic E-state index is 12.3. The van der Waals surface area contributed by atoms with E-state index in [9.17, 15) is 9.90 Å². The van der Waals surface area contributed by atoms with Crippen molar-refractivity contribution in [1.82, 2.24) is 14.9 Å². The van der Waals surface area contributed by atoms with Crippen LogP contribution in [0.3, 0.4) is 0 Å². The molecule has 2 rings (SSSR count). The first-order valence-electron chi connectivity index (χ1n) is 6.85. The van der Waals surface area contributed by atoms with E-state index in [1.54, 1.807) is 0 Å². The summed E-state index contributed by atoms with van der Waals surface area (Å²) < 4.78 is 3.84. The van der Waals surface area contributed by atoms with Gasteiger partial charge in [0.1, 0.15) is 4.88 Å². The molecule has 2 N–H and O–H groups in total. The molecule has 0 aromatic carbocycles. The van der Waals surface area contributed by atoms with Crippen LogP contribution in [-0.4, -0.2) is 32.7 Å². The van der Waals surface area contributed by atoms with Crippen LogP contribution in [0.2, 0.25) is 0 Å². The van der Waals surface area contributed by atoms with Crippen molar-refractivity contribution in [3.8, 4) is 0 Å². The number of aromatic nitrogens is 2. The summed E-state index contributed by atoms with van der Waals surface area (Å²) in [6, 6.07) is 0. The molecule has 1 aromatic rings. The van der Waals surface area contributed by atoms with E-state index < -0.39 is 5.54 Å². The summed E-state index contributed by atoms with van der Waals surface area (Å²) >= 11 is 1.13. The predicted molar refractivity (Wildman–Crippen MR) is 74.2 cm³/mol. The zero-order valence-electron chi connectivity index (χ0n) is 11.5. The molecule has 0 spiro atoms. The molecule has 1 amide bonds. The highest BCUT2D eigenvalue weighted by Crippen LogP contribution is 2.32. The van der Waals surface area contributed by atoms with Crippen molar-refractivity contribution in [3.05, 3.63) is 10.6 Å². The lowest BCUT2D eigenvalue weighted by atomic mass is 9.77. The van der Waals surface area contributed by atoms with E-state index in [4.69, 9.17) is 0 Å². The molecule has 1 aromatic heterocycles. The van der Waals surface area contributed by atoms with Crippen LogP contribution in [0.1, 0.15) is 54.9 Å². The zero-order chi connectivity index (χ0) is 13.9. The summed E-state index contributed by atoms with van der Waals surface area (Å²) in [6.45, 7) is 4.17. The number of amides is 1. The molecule has 19 heavy (non-hydrogen) atoms. The molecule has 6 heteroatoms. The number of carbonyl (C=O) groups is 1. The Morgan fingerprint density at radius 2 is 2.21 bits per heavy atom. The number of carbonyl (C=O) groups excluding carboxylic acids is 1. The number of rotatable bonds is 4. The minimum absolute atomic E-state index is 0.000843. The average molecular weight is 283 g/mol. The Morgan fingerprint density at radius 3 is 2.79 bits per heavy atom. The summed E-state index contributed by atoms with van der Waals surface area (Å²) in [5.41, 5.74) is 0.276. The lowest BCUT2D eigenvalue weighted by Crippen LogP contribution is -2.53. The fourth-order valence-corrected chi connectivity index (χ4v) is 3.19. The molecule has 5 nitrogen and oxygen atoms in total. The third-order valence-corrected chi connectivity index (χ3v) is 4.78. The van der Waals surface area contributed by atoms with Crippen LogP contribution in [0.15, 0.2) is 0 Å². The quantitative estimate of drug-likeness (QED) is 0.883.